The summed E-state index contributed by atoms with van der Waals surface area (Å²) in [6.07, 6.45) is 0. The fourth-order valence-electron chi connectivity index (χ4n) is 6.69. The van der Waals surface area contributed by atoms with Crippen molar-refractivity contribution >= 4 is 23.4 Å². The molecule has 1 amide bonds. The van der Waals surface area contributed by atoms with Gasteiger partial charge in [0.25, 0.3) is 11.6 Å². The van der Waals surface area contributed by atoms with Gasteiger partial charge in [0.2, 0.25) is 5.90 Å². The SMILES string of the molecule is Cc1ccc(C(C(=O)N2N=C(C(c3ccc(C)cc3)c3ccc(C)cc3)OC2(c2ccccc2)c2ccc(Cl)cc2)c2ccc(C)cc2)cc1. The summed E-state index contributed by atoms with van der Waals surface area (Å²) in [7, 11) is 0. The maximum atomic E-state index is 15.6. The third-order valence-corrected chi connectivity index (χ3v) is 9.75. The fourth-order valence-corrected chi connectivity index (χ4v) is 6.81. The van der Waals surface area contributed by atoms with Gasteiger partial charge in [-0.05, 0) is 62.1 Å². The van der Waals surface area contributed by atoms with Crippen LogP contribution in [-0.2, 0) is 15.3 Å². The molecule has 0 aromatic heterocycles. The van der Waals surface area contributed by atoms with Crippen LogP contribution in [0.4, 0.5) is 0 Å². The lowest BCUT2D eigenvalue weighted by atomic mass is 9.87. The normalized spacial score (nSPS) is 15.7. The predicted octanol–water partition coefficient (Wildman–Crippen LogP) is 10.6. The number of rotatable bonds is 8. The number of halogens is 1. The van der Waals surface area contributed by atoms with E-state index in [0.717, 1.165) is 55.6 Å². The van der Waals surface area contributed by atoms with Gasteiger partial charge in [-0.25, -0.2) is 0 Å². The number of hydrazone groups is 1. The lowest BCUT2D eigenvalue weighted by Crippen LogP contribution is -2.48. The molecule has 1 heterocycles. The largest absolute Gasteiger partial charge is 0.442 e. The first-order valence-corrected chi connectivity index (χ1v) is 17.3. The number of nitrogens with zero attached hydrogens (tertiary/aromatic N) is 2. The molecule has 0 saturated heterocycles. The van der Waals surface area contributed by atoms with Gasteiger partial charge >= 0.3 is 0 Å². The minimum Gasteiger partial charge on any atom is -0.442 e. The zero-order valence-corrected chi connectivity index (χ0v) is 29.4. The van der Waals surface area contributed by atoms with Crippen molar-refractivity contribution in [1.82, 2.24) is 5.01 Å². The zero-order valence-electron chi connectivity index (χ0n) is 28.7. The molecular weight excluding hydrogens is 636 g/mol. The molecule has 50 heavy (non-hydrogen) atoms. The van der Waals surface area contributed by atoms with Crippen LogP contribution in [-0.4, -0.2) is 16.8 Å². The van der Waals surface area contributed by atoms with Crippen molar-refractivity contribution < 1.29 is 9.53 Å². The Hall–Kier alpha value is -5.45. The average Bonchev–Trinajstić information content (AvgIpc) is 3.53. The Morgan fingerprint density at radius 2 is 0.960 bits per heavy atom. The zero-order chi connectivity index (χ0) is 34.8. The van der Waals surface area contributed by atoms with Gasteiger partial charge in [0.15, 0.2) is 0 Å². The third-order valence-electron chi connectivity index (χ3n) is 9.50. The van der Waals surface area contributed by atoms with E-state index in [1.807, 2.05) is 103 Å². The Kier molecular flexibility index (Phi) is 9.14. The molecule has 0 saturated carbocycles. The van der Waals surface area contributed by atoms with Gasteiger partial charge in [0, 0.05) is 16.1 Å². The van der Waals surface area contributed by atoms with Gasteiger partial charge in [0.05, 0.1) is 11.8 Å². The van der Waals surface area contributed by atoms with Crippen molar-refractivity contribution in [2.45, 2.75) is 45.3 Å². The number of carbonyl (C=O) groups excluding carboxylic acids is 1. The maximum absolute atomic E-state index is 15.6. The van der Waals surface area contributed by atoms with E-state index < -0.39 is 11.6 Å². The predicted molar refractivity (Wildman–Crippen MR) is 202 cm³/mol. The molecule has 1 unspecified atom stereocenters. The molecular formula is C45H39ClN2O2. The third kappa shape index (κ3) is 6.35. The first kappa shape index (κ1) is 33.1. The number of hydrogen-bond donors (Lipinski definition) is 0. The van der Waals surface area contributed by atoms with Crippen molar-refractivity contribution in [3.63, 3.8) is 0 Å². The maximum Gasteiger partial charge on any atom is 0.259 e. The highest BCUT2D eigenvalue weighted by molar-refractivity contribution is 6.30. The highest BCUT2D eigenvalue weighted by atomic mass is 35.5. The first-order valence-electron chi connectivity index (χ1n) is 16.9. The number of aryl methyl sites for hydroxylation is 4. The minimum atomic E-state index is -1.43. The van der Waals surface area contributed by atoms with Crippen LogP contribution in [0.2, 0.25) is 5.02 Å². The number of hydrogen-bond acceptors (Lipinski definition) is 3. The lowest BCUT2D eigenvalue weighted by molar-refractivity contribution is -0.146. The average molecular weight is 675 g/mol. The van der Waals surface area contributed by atoms with Gasteiger partial charge in [-0.3, -0.25) is 4.79 Å². The summed E-state index contributed by atoms with van der Waals surface area (Å²) in [5.74, 6) is -0.827. The Morgan fingerprint density at radius 3 is 1.40 bits per heavy atom. The molecule has 6 aromatic carbocycles. The van der Waals surface area contributed by atoms with Gasteiger partial charge in [-0.2, -0.15) is 5.01 Å². The smallest absolute Gasteiger partial charge is 0.259 e. The fraction of sp³-hybridized carbons (Fsp3) is 0.156. The topological polar surface area (TPSA) is 41.9 Å². The second kappa shape index (κ2) is 13.8. The highest BCUT2D eigenvalue weighted by Gasteiger charge is 2.54. The molecule has 4 nitrogen and oxygen atoms in total. The molecule has 0 fully saturated rings. The molecule has 1 atom stereocenters. The summed E-state index contributed by atoms with van der Waals surface area (Å²) < 4.78 is 7.30. The van der Waals surface area contributed by atoms with Gasteiger partial charge in [-0.1, -0.05) is 173 Å². The summed E-state index contributed by atoms with van der Waals surface area (Å²) in [6.45, 7) is 8.25. The van der Waals surface area contributed by atoms with Crippen molar-refractivity contribution in [1.29, 1.82) is 0 Å². The summed E-state index contributed by atoms with van der Waals surface area (Å²) in [5.41, 5.74) is 8.39. The van der Waals surface area contributed by atoms with E-state index in [0.29, 0.717) is 10.9 Å². The monoisotopic (exact) mass is 674 g/mol. The molecule has 248 valence electrons. The van der Waals surface area contributed by atoms with E-state index in [-0.39, 0.29) is 11.8 Å². The van der Waals surface area contributed by atoms with Crippen LogP contribution in [0.25, 0.3) is 0 Å². The summed E-state index contributed by atoms with van der Waals surface area (Å²) in [4.78, 5) is 15.6. The van der Waals surface area contributed by atoms with E-state index in [1.54, 1.807) is 5.01 Å². The molecule has 0 spiro atoms. The number of amides is 1. The second-order valence-electron chi connectivity index (χ2n) is 13.2. The summed E-state index contributed by atoms with van der Waals surface area (Å²) in [6, 6.07) is 50.6. The molecule has 1 aliphatic rings. The Morgan fingerprint density at radius 1 is 0.560 bits per heavy atom. The second-order valence-corrected chi connectivity index (χ2v) is 13.7. The molecule has 7 rings (SSSR count). The Bertz CT molecular complexity index is 2030. The Labute approximate surface area is 299 Å². The number of ether oxygens (including phenoxy) is 1. The van der Waals surface area contributed by atoms with E-state index in [4.69, 9.17) is 21.4 Å². The molecule has 5 heteroatoms. The quantitative estimate of drug-likeness (QED) is 0.161. The van der Waals surface area contributed by atoms with Crippen LogP contribution in [0.1, 0.15) is 67.5 Å². The van der Waals surface area contributed by atoms with Crippen LogP contribution < -0.4 is 0 Å². The van der Waals surface area contributed by atoms with Crippen molar-refractivity contribution in [3.8, 4) is 0 Å². The number of carbonyl (C=O) groups is 1. The lowest BCUT2D eigenvalue weighted by Gasteiger charge is -2.37. The molecule has 0 radical (unpaired) electrons. The summed E-state index contributed by atoms with van der Waals surface area (Å²) >= 11 is 6.46. The van der Waals surface area contributed by atoms with Crippen molar-refractivity contribution in [2.24, 2.45) is 5.10 Å². The van der Waals surface area contributed by atoms with Crippen LogP contribution in [0.15, 0.2) is 157 Å². The van der Waals surface area contributed by atoms with E-state index in [9.17, 15) is 0 Å². The number of benzene rings is 6. The van der Waals surface area contributed by atoms with E-state index in [1.165, 1.54) is 0 Å². The van der Waals surface area contributed by atoms with Crippen LogP contribution in [0, 0.1) is 27.7 Å². The van der Waals surface area contributed by atoms with Crippen molar-refractivity contribution in [3.05, 3.63) is 212 Å². The van der Waals surface area contributed by atoms with Crippen LogP contribution in [0.5, 0.6) is 0 Å². The standard InChI is InChI=1S/C45H39ClN2O2/c1-30-10-18-34(19-11-30)41(35-20-12-31(2)13-21-35)43-47-48(45(50-43,38-8-6-5-7-9-38)39-26-28-40(46)29-27-39)44(49)42(36-22-14-32(3)15-23-36)37-24-16-33(4)17-25-37/h5-29,41-42H,1-4H3. The highest BCUT2D eigenvalue weighted by Crippen LogP contribution is 2.47. The van der Waals surface area contributed by atoms with Gasteiger partial charge in [0.1, 0.15) is 0 Å². The molecule has 0 aliphatic carbocycles. The Balaban J connectivity index is 1.49. The minimum absolute atomic E-state index is 0.210. The van der Waals surface area contributed by atoms with Gasteiger partial charge < -0.3 is 4.74 Å². The van der Waals surface area contributed by atoms with Gasteiger partial charge in [-0.15, -0.1) is 5.10 Å². The van der Waals surface area contributed by atoms with Crippen LogP contribution >= 0.6 is 11.6 Å². The van der Waals surface area contributed by atoms with E-state index in [2.05, 4.69) is 76.2 Å². The summed E-state index contributed by atoms with van der Waals surface area (Å²) in [5, 5.41) is 7.44. The van der Waals surface area contributed by atoms with E-state index >= 15 is 4.79 Å². The van der Waals surface area contributed by atoms with Crippen LogP contribution in [0.3, 0.4) is 0 Å². The molecule has 6 aromatic rings. The molecule has 0 N–H and O–H groups in total. The first-order chi connectivity index (χ1) is 24.2. The molecule has 1 aliphatic heterocycles. The van der Waals surface area contributed by atoms with Crippen molar-refractivity contribution in [2.75, 3.05) is 0 Å². The molecule has 0 bridgehead atoms.